The molecule has 0 radical (unpaired) electrons. The van der Waals surface area contributed by atoms with Gasteiger partial charge in [0, 0.05) is 23.5 Å². The molecule has 4 heterocycles. The molecule has 1 aromatic carbocycles. The molecular formula is C28H42N4OS. The first-order chi connectivity index (χ1) is 16.6. The van der Waals surface area contributed by atoms with Crippen molar-refractivity contribution in [3.8, 4) is 10.6 Å². The van der Waals surface area contributed by atoms with Crippen LogP contribution < -0.4 is 5.32 Å². The summed E-state index contributed by atoms with van der Waals surface area (Å²) in [4.78, 5) is 11.6. The van der Waals surface area contributed by atoms with Crippen molar-refractivity contribution in [2.75, 3.05) is 39.3 Å². The van der Waals surface area contributed by atoms with E-state index in [4.69, 9.17) is 9.72 Å². The Hall–Kier alpha value is -1.31. The van der Waals surface area contributed by atoms with Crippen molar-refractivity contribution in [1.29, 1.82) is 0 Å². The van der Waals surface area contributed by atoms with Crippen LogP contribution in [0.2, 0.25) is 0 Å². The molecule has 1 N–H and O–H groups in total. The highest BCUT2D eigenvalue weighted by molar-refractivity contribution is 7.15. The molecule has 5 nitrogen and oxygen atoms in total. The van der Waals surface area contributed by atoms with Crippen LogP contribution in [0.4, 0.5) is 0 Å². The molecule has 3 aliphatic heterocycles. The van der Waals surface area contributed by atoms with Crippen molar-refractivity contribution in [2.45, 2.75) is 71.8 Å². The average molecular weight is 483 g/mol. The summed E-state index contributed by atoms with van der Waals surface area (Å²) in [5, 5.41) is 4.83. The van der Waals surface area contributed by atoms with Gasteiger partial charge >= 0.3 is 0 Å². The maximum atomic E-state index is 6.05. The lowest BCUT2D eigenvalue weighted by atomic mass is 9.93. The van der Waals surface area contributed by atoms with Crippen molar-refractivity contribution in [3.05, 3.63) is 40.4 Å². The van der Waals surface area contributed by atoms with E-state index in [9.17, 15) is 0 Å². The Morgan fingerprint density at radius 2 is 1.91 bits per heavy atom. The first kappa shape index (κ1) is 24.4. The zero-order valence-corrected chi connectivity index (χ0v) is 22.1. The Bertz CT molecular complexity index is 938. The number of likely N-dealkylation sites (tertiary alicyclic amines) is 2. The van der Waals surface area contributed by atoms with Crippen LogP contribution in [0.15, 0.2) is 24.3 Å². The number of hydrogen-bond acceptors (Lipinski definition) is 6. The molecular weight excluding hydrogens is 440 g/mol. The van der Waals surface area contributed by atoms with Crippen LogP contribution in [0.3, 0.4) is 0 Å². The topological polar surface area (TPSA) is 43.9 Å². The van der Waals surface area contributed by atoms with Crippen LogP contribution in [0, 0.1) is 25.7 Å². The second kappa shape index (κ2) is 11.2. The molecule has 5 rings (SSSR count). The fourth-order valence-corrected chi connectivity index (χ4v) is 6.85. The van der Waals surface area contributed by atoms with Gasteiger partial charge in [-0.05, 0) is 96.1 Å². The SMILES string of the molecule is Cc1ccccc1-c1nc(CN2CCC(C3OC3NCCCN3CCC[C@@H](C)C3)CC2)c(C)s1. The minimum Gasteiger partial charge on any atom is -0.353 e. The van der Waals surface area contributed by atoms with Crippen molar-refractivity contribution in [3.63, 3.8) is 0 Å². The molecule has 0 bridgehead atoms. The predicted molar refractivity (Wildman–Crippen MR) is 141 cm³/mol. The van der Waals surface area contributed by atoms with Crippen molar-refractivity contribution >= 4 is 11.3 Å². The summed E-state index contributed by atoms with van der Waals surface area (Å²) in [6.45, 7) is 15.0. The Balaban J connectivity index is 1.01. The highest BCUT2D eigenvalue weighted by Gasteiger charge is 2.45. The molecule has 34 heavy (non-hydrogen) atoms. The molecule has 2 aromatic rings. The second-order valence-corrected chi connectivity index (χ2v) is 12.0. The van der Waals surface area contributed by atoms with E-state index in [1.165, 1.54) is 73.4 Å². The van der Waals surface area contributed by atoms with E-state index in [2.05, 4.69) is 60.2 Å². The van der Waals surface area contributed by atoms with Crippen LogP contribution in [0.25, 0.3) is 10.6 Å². The smallest absolute Gasteiger partial charge is 0.135 e. The van der Waals surface area contributed by atoms with Crippen LogP contribution >= 0.6 is 11.3 Å². The number of aryl methyl sites for hydroxylation is 2. The van der Waals surface area contributed by atoms with Crippen molar-refractivity contribution < 1.29 is 4.74 Å². The number of thiazole rings is 1. The summed E-state index contributed by atoms with van der Waals surface area (Å²) >= 11 is 1.84. The summed E-state index contributed by atoms with van der Waals surface area (Å²) in [5.41, 5.74) is 3.83. The van der Waals surface area contributed by atoms with Gasteiger partial charge in [-0.1, -0.05) is 31.2 Å². The second-order valence-electron chi connectivity index (χ2n) is 10.8. The fraction of sp³-hybridized carbons (Fsp3) is 0.679. The average Bonchev–Trinajstić information content (AvgIpc) is 3.52. The van der Waals surface area contributed by atoms with Gasteiger partial charge in [-0.25, -0.2) is 4.98 Å². The van der Waals surface area contributed by atoms with E-state index in [0.29, 0.717) is 18.2 Å². The van der Waals surface area contributed by atoms with Crippen LogP contribution in [-0.4, -0.2) is 66.4 Å². The molecule has 6 heteroatoms. The normalized spacial score (nSPS) is 26.7. The lowest BCUT2D eigenvalue weighted by molar-refractivity contribution is 0.155. The predicted octanol–water partition coefficient (Wildman–Crippen LogP) is 5.08. The lowest BCUT2D eigenvalue weighted by Crippen LogP contribution is -2.37. The fourth-order valence-electron chi connectivity index (χ4n) is 5.84. The van der Waals surface area contributed by atoms with E-state index < -0.39 is 0 Å². The summed E-state index contributed by atoms with van der Waals surface area (Å²) in [7, 11) is 0. The van der Waals surface area contributed by atoms with Gasteiger partial charge in [-0.3, -0.25) is 10.2 Å². The minimum absolute atomic E-state index is 0.300. The number of hydrogen-bond donors (Lipinski definition) is 1. The number of rotatable bonds is 9. The number of ether oxygens (including phenoxy) is 1. The molecule has 3 aliphatic rings. The number of nitrogens with zero attached hydrogens (tertiary/aromatic N) is 3. The highest BCUT2D eigenvalue weighted by atomic mass is 32.1. The summed E-state index contributed by atoms with van der Waals surface area (Å²) < 4.78 is 6.05. The van der Waals surface area contributed by atoms with E-state index in [-0.39, 0.29) is 0 Å². The van der Waals surface area contributed by atoms with Crippen LogP contribution in [0.1, 0.15) is 55.2 Å². The van der Waals surface area contributed by atoms with Gasteiger partial charge in [-0.2, -0.15) is 0 Å². The van der Waals surface area contributed by atoms with Crippen molar-refractivity contribution in [1.82, 2.24) is 20.1 Å². The van der Waals surface area contributed by atoms with Gasteiger partial charge in [0.2, 0.25) is 0 Å². The molecule has 3 atom stereocenters. The van der Waals surface area contributed by atoms with E-state index in [0.717, 1.165) is 37.1 Å². The third-order valence-electron chi connectivity index (χ3n) is 8.00. The van der Waals surface area contributed by atoms with Crippen LogP contribution in [0.5, 0.6) is 0 Å². The molecule has 2 unspecified atom stereocenters. The monoisotopic (exact) mass is 482 g/mol. The van der Waals surface area contributed by atoms with Gasteiger partial charge in [-0.15, -0.1) is 11.3 Å². The zero-order valence-electron chi connectivity index (χ0n) is 21.3. The number of aromatic nitrogens is 1. The quantitative estimate of drug-likeness (QED) is 0.399. The largest absolute Gasteiger partial charge is 0.353 e. The van der Waals surface area contributed by atoms with E-state index in [1.807, 2.05) is 11.3 Å². The first-order valence-corrected chi connectivity index (χ1v) is 14.2. The third-order valence-corrected chi connectivity index (χ3v) is 9.05. The molecule has 3 fully saturated rings. The Kier molecular flexibility index (Phi) is 8.01. The van der Waals surface area contributed by atoms with Gasteiger partial charge in [0.1, 0.15) is 17.3 Å². The van der Waals surface area contributed by atoms with Gasteiger partial charge in [0.15, 0.2) is 0 Å². The van der Waals surface area contributed by atoms with E-state index >= 15 is 0 Å². The number of nitrogens with one attached hydrogen (secondary N) is 1. The standard InChI is InChI=1S/C28H42N4OS/c1-20-8-6-14-31(18-20)15-7-13-29-27-26(33-27)23-11-16-32(17-12-23)19-25-22(3)34-28(30-25)24-10-5-4-9-21(24)2/h4-5,9-10,20,23,26-27,29H,6-8,11-19H2,1-3H3/t20-,26?,27?/m1/s1. The maximum absolute atomic E-state index is 6.05. The zero-order chi connectivity index (χ0) is 23.5. The molecule has 0 amide bonds. The summed E-state index contributed by atoms with van der Waals surface area (Å²) in [6, 6.07) is 8.58. The maximum Gasteiger partial charge on any atom is 0.135 e. The molecule has 186 valence electrons. The third kappa shape index (κ3) is 6.08. The molecule has 1 aromatic heterocycles. The minimum atomic E-state index is 0.300. The Morgan fingerprint density at radius 3 is 2.71 bits per heavy atom. The summed E-state index contributed by atoms with van der Waals surface area (Å²) in [6.07, 6.45) is 7.22. The molecule has 0 saturated carbocycles. The molecule has 3 saturated heterocycles. The first-order valence-electron chi connectivity index (χ1n) is 13.4. The van der Waals surface area contributed by atoms with E-state index in [1.54, 1.807) is 0 Å². The number of piperidine rings is 2. The Morgan fingerprint density at radius 1 is 1.09 bits per heavy atom. The summed E-state index contributed by atoms with van der Waals surface area (Å²) in [5.74, 6) is 1.58. The molecule has 0 aliphatic carbocycles. The highest BCUT2D eigenvalue weighted by Crippen LogP contribution is 2.35. The van der Waals surface area contributed by atoms with Gasteiger partial charge in [0.05, 0.1) is 5.69 Å². The number of benzene rings is 1. The Labute approximate surface area is 209 Å². The van der Waals surface area contributed by atoms with Crippen LogP contribution in [-0.2, 0) is 11.3 Å². The van der Waals surface area contributed by atoms with Crippen molar-refractivity contribution in [2.24, 2.45) is 11.8 Å². The van der Waals surface area contributed by atoms with Gasteiger partial charge < -0.3 is 9.64 Å². The van der Waals surface area contributed by atoms with Gasteiger partial charge in [0.25, 0.3) is 0 Å². The molecule has 0 spiro atoms. The number of epoxide rings is 1. The lowest BCUT2D eigenvalue weighted by Gasteiger charge is -2.31.